The molecular formula is C16H34N4O. The topological polar surface area (TPSA) is 48.9 Å². The zero-order chi connectivity index (χ0) is 15.9. The zero-order valence-electron chi connectivity index (χ0n) is 14.7. The van der Waals surface area contributed by atoms with Gasteiger partial charge in [-0.05, 0) is 24.8 Å². The molecule has 1 rings (SSSR count). The Morgan fingerprint density at radius 3 is 2.43 bits per heavy atom. The number of nitrogens with one attached hydrogen (secondary N) is 2. The highest BCUT2D eigenvalue weighted by atomic mass is 16.5. The Bertz CT molecular complexity index is 321. The van der Waals surface area contributed by atoms with Gasteiger partial charge in [-0.1, -0.05) is 27.7 Å². The minimum Gasteiger partial charge on any atom is -0.379 e. The molecule has 0 aliphatic heterocycles. The number of methoxy groups -OCH3 is 1. The first kappa shape index (κ1) is 18.2. The predicted molar refractivity (Wildman–Crippen MR) is 89.9 cm³/mol. The smallest absolute Gasteiger partial charge is 0.191 e. The molecule has 0 spiro atoms. The first-order chi connectivity index (χ1) is 9.92. The van der Waals surface area contributed by atoms with Gasteiger partial charge in [0.05, 0.1) is 6.10 Å². The number of aliphatic imine (C=N–C) groups is 1. The highest BCUT2D eigenvalue weighted by Gasteiger charge is 2.27. The quantitative estimate of drug-likeness (QED) is 0.529. The Kier molecular flexibility index (Phi) is 7.46. The van der Waals surface area contributed by atoms with Gasteiger partial charge in [0, 0.05) is 39.8 Å². The normalized spacial score (nSPS) is 18.0. The Morgan fingerprint density at radius 1 is 1.33 bits per heavy atom. The van der Waals surface area contributed by atoms with Crippen LogP contribution in [0, 0.1) is 5.41 Å². The van der Waals surface area contributed by atoms with Gasteiger partial charge in [-0.2, -0.15) is 0 Å². The molecule has 0 amide bonds. The van der Waals surface area contributed by atoms with Crippen LogP contribution in [0.5, 0.6) is 0 Å². The first-order valence-electron chi connectivity index (χ1n) is 8.13. The van der Waals surface area contributed by atoms with E-state index in [2.05, 4.69) is 48.2 Å². The highest BCUT2D eigenvalue weighted by molar-refractivity contribution is 5.79. The fourth-order valence-corrected chi connectivity index (χ4v) is 2.51. The van der Waals surface area contributed by atoms with E-state index in [4.69, 9.17) is 4.74 Å². The lowest BCUT2D eigenvalue weighted by atomic mass is 9.89. The summed E-state index contributed by atoms with van der Waals surface area (Å²) in [5.74, 6) is 0.855. The van der Waals surface area contributed by atoms with Crippen LogP contribution in [0.25, 0.3) is 0 Å². The van der Waals surface area contributed by atoms with Gasteiger partial charge in [0.25, 0.3) is 0 Å². The third-order valence-electron chi connectivity index (χ3n) is 4.09. The second-order valence-electron chi connectivity index (χ2n) is 6.83. The van der Waals surface area contributed by atoms with Crippen LogP contribution in [0.3, 0.4) is 0 Å². The van der Waals surface area contributed by atoms with Crippen LogP contribution in [-0.4, -0.2) is 63.3 Å². The highest BCUT2D eigenvalue weighted by Crippen LogP contribution is 2.25. The molecule has 0 aromatic carbocycles. The van der Waals surface area contributed by atoms with Crippen LogP contribution in [-0.2, 0) is 4.74 Å². The van der Waals surface area contributed by atoms with E-state index in [9.17, 15) is 0 Å². The van der Waals surface area contributed by atoms with E-state index in [0.717, 1.165) is 38.2 Å². The molecule has 5 heteroatoms. The van der Waals surface area contributed by atoms with Crippen LogP contribution in [0.4, 0.5) is 0 Å². The number of nitrogens with zero attached hydrogens (tertiary/aromatic N) is 2. The van der Waals surface area contributed by atoms with Crippen molar-refractivity contribution in [3.05, 3.63) is 0 Å². The molecule has 0 saturated heterocycles. The van der Waals surface area contributed by atoms with Gasteiger partial charge in [0.15, 0.2) is 5.96 Å². The summed E-state index contributed by atoms with van der Waals surface area (Å²) in [6, 6.07) is 0.825. The van der Waals surface area contributed by atoms with Crippen molar-refractivity contribution in [1.29, 1.82) is 0 Å². The number of rotatable bonds is 8. The van der Waals surface area contributed by atoms with Crippen molar-refractivity contribution in [3.63, 3.8) is 0 Å². The van der Waals surface area contributed by atoms with E-state index in [1.54, 1.807) is 7.11 Å². The monoisotopic (exact) mass is 298 g/mol. The average molecular weight is 298 g/mol. The molecule has 5 nitrogen and oxygen atoms in total. The third kappa shape index (κ3) is 6.66. The van der Waals surface area contributed by atoms with Crippen LogP contribution in [0.2, 0.25) is 0 Å². The van der Waals surface area contributed by atoms with Gasteiger partial charge in [-0.25, -0.2) is 0 Å². The number of hydrogen-bond donors (Lipinski definition) is 2. The van der Waals surface area contributed by atoms with Crippen LogP contribution >= 0.6 is 0 Å². The number of hydrogen-bond acceptors (Lipinski definition) is 3. The van der Waals surface area contributed by atoms with Crippen LogP contribution in [0.1, 0.15) is 40.5 Å². The first-order valence-corrected chi connectivity index (χ1v) is 8.13. The minimum atomic E-state index is 0.117. The summed E-state index contributed by atoms with van der Waals surface area (Å²) >= 11 is 0. The van der Waals surface area contributed by atoms with Crippen LogP contribution < -0.4 is 10.6 Å². The van der Waals surface area contributed by atoms with Gasteiger partial charge in [-0.3, -0.25) is 9.89 Å². The number of likely N-dealkylation sites (N-methyl/N-ethyl adjacent to an activating group) is 1. The third-order valence-corrected chi connectivity index (χ3v) is 4.09. The van der Waals surface area contributed by atoms with Crippen molar-refractivity contribution in [2.45, 2.75) is 52.7 Å². The molecule has 21 heavy (non-hydrogen) atoms. The molecular weight excluding hydrogens is 264 g/mol. The molecule has 1 aliphatic rings. The molecule has 1 aliphatic carbocycles. The van der Waals surface area contributed by atoms with Gasteiger partial charge in [0.2, 0.25) is 0 Å². The Balaban J connectivity index is 2.28. The van der Waals surface area contributed by atoms with E-state index in [1.165, 1.54) is 12.8 Å². The maximum absolute atomic E-state index is 5.56. The average Bonchev–Trinajstić information content (AvgIpc) is 3.25. The van der Waals surface area contributed by atoms with Gasteiger partial charge in [-0.15, -0.1) is 0 Å². The van der Waals surface area contributed by atoms with Crippen molar-refractivity contribution in [2.24, 2.45) is 10.4 Å². The number of guanidine groups is 1. The van der Waals surface area contributed by atoms with Crippen LogP contribution in [0.15, 0.2) is 4.99 Å². The summed E-state index contributed by atoms with van der Waals surface area (Å²) in [7, 11) is 3.58. The summed E-state index contributed by atoms with van der Waals surface area (Å²) in [5, 5.41) is 6.75. The van der Waals surface area contributed by atoms with Gasteiger partial charge < -0.3 is 15.4 Å². The Morgan fingerprint density at radius 2 is 2.00 bits per heavy atom. The second-order valence-corrected chi connectivity index (χ2v) is 6.83. The molecule has 0 aromatic heterocycles. The molecule has 0 radical (unpaired) electrons. The van der Waals surface area contributed by atoms with E-state index in [-0.39, 0.29) is 11.5 Å². The summed E-state index contributed by atoms with van der Waals surface area (Å²) in [6.07, 6.45) is 2.89. The minimum absolute atomic E-state index is 0.117. The van der Waals surface area contributed by atoms with Crippen molar-refractivity contribution in [1.82, 2.24) is 15.5 Å². The summed E-state index contributed by atoms with van der Waals surface area (Å²) in [5.41, 5.74) is 0.117. The summed E-state index contributed by atoms with van der Waals surface area (Å²) in [4.78, 5) is 6.81. The van der Waals surface area contributed by atoms with Crippen molar-refractivity contribution >= 4 is 5.96 Å². The van der Waals surface area contributed by atoms with E-state index >= 15 is 0 Å². The molecule has 0 heterocycles. The standard InChI is InChI=1S/C16H34N4O/c1-7-20(13-8-9-13)11-10-18-15(17-5)19-12-14(21-6)16(2,3)4/h13-14H,7-12H2,1-6H3,(H2,17,18,19). The lowest BCUT2D eigenvalue weighted by Gasteiger charge is -2.30. The number of ether oxygens (including phenoxy) is 1. The second kappa shape index (κ2) is 8.59. The maximum atomic E-state index is 5.56. The molecule has 1 fully saturated rings. The maximum Gasteiger partial charge on any atom is 0.191 e. The lowest BCUT2D eigenvalue weighted by Crippen LogP contribution is -2.47. The SMILES string of the molecule is CCN(CCNC(=NC)NCC(OC)C(C)(C)C)C1CC1. The summed E-state index contributed by atoms with van der Waals surface area (Å²) in [6.45, 7) is 12.7. The Hall–Kier alpha value is -0.810. The molecule has 124 valence electrons. The lowest BCUT2D eigenvalue weighted by molar-refractivity contribution is 0.0205. The zero-order valence-corrected chi connectivity index (χ0v) is 14.7. The van der Waals surface area contributed by atoms with E-state index < -0.39 is 0 Å². The van der Waals surface area contributed by atoms with Crippen molar-refractivity contribution in [2.75, 3.05) is 40.3 Å². The molecule has 0 bridgehead atoms. The largest absolute Gasteiger partial charge is 0.379 e. The fourth-order valence-electron chi connectivity index (χ4n) is 2.51. The molecule has 1 unspecified atom stereocenters. The summed E-state index contributed by atoms with van der Waals surface area (Å²) < 4.78 is 5.56. The van der Waals surface area contributed by atoms with Gasteiger partial charge >= 0.3 is 0 Å². The molecule has 2 N–H and O–H groups in total. The Labute approximate surface area is 130 Å². The van der Waals surface area contributed by atoms with E-state index in [0.29, 0.717) is 0 Å². The fraction of sp³-hybridized carbons (Fsp3) is 0.938. The van der Waals surface area contributed by atoms with E-state index in [1.807, 2.05) is 7.05 Å². The molecule has 0 aromatic rings. The van der Waals surface area contributed by atoms with Gasteiger partial charge in [0.1, 0.15) is 0 Å². The van der Waals surface area contributed by atoms with Crippen molar-refractivity contribution in [3.8, 4) is 0 Å². The molecule has 1 atom stereocenters. The predicted octanol–water partition coefficient (Wildman–Crippen LogP) is 1.70. The van der Waals surface area contributed by atoms with Crippen molar-refractivity contribution < 1.29 is 4.74 Å². The molecule has 1 saturated carbocycles.